The van der Waals surface area contributed by atoms with Crippen molar-refractivity contribution >= 4 is 21.6 Å². The Morgan fingerprint density at radius 3 is 2.69 bits per heavy atom. The van der Waals surface area contributed by atoms with Crippen LogP contribution in [0.4, 0.5) is 0 Å². The highest BCUT2D eigenvalue weighted by molar-refractivity contribution is 7.89. The number of benzene rings is 1. The van der Waals surface area contributed by atoms with E-state index in [1.165, 1.54) is 0 Å². The summed E-state index contributed by atoms with van der Waals surface area (Å²) in [5.41, 5.74) is 0.781. The van der Waals surface area contributed by atoms with Crippen LogP contribution in [0.25, 0.3) is 11.5 Å². The topological polar surface area (TPSA) is 79.5 Å². The van der Waals surface area contributed by atoms with Crippen molar-refractivity contribution in [3.63, 3.8) is 0 Å². The van der Waals surface area contributed by atoms with Gasteiger partial charge in [0.25, 0.3) is 5.89 Å². The van der Waals surface area contributed by atoms with Crippen molar-refractivity contribution in [3.8, 4) is 11.5 Å². The molecule has 0 amide bonds. The summed E-state index contributed by atoms with van der Waals surface area (Å²) in [7, 11) is -3.13. The first-order chi connectivity index (χ1) is 12.5. The number of halogens is 1. The standard InChI is InChI=1S/C17H23ClN4O3S/c1-2-3-11-26(23,24)22-9-7-21(8-10-22)13-16-19-17(25-20-16)14-5-4-6-15(18)12-14/h4-6,12H,2-3,7-11,13H2,1H3. The SMILES string of the molecule is CCCCS(=O)(=O)N1CCN(Cc2noc(-c3cccc(Cl)c3)n2)CC1. The predicted octanol–water partition coefficient (Wildman–Crippen LogP) is 2.64. The third-order valence-corrected chi connectivity index (χ3v) is 6.58. The van der Waals surface area contributed by atoms with Crippen molar-refractivity contribution < 1.29 is 12.9 Å². The van der Waals surface area contributed by atoms with Crippen LogP contribution in [-0.4, -0.2) is 59.7 Å². The number of hydrogen-bond acceptors (Lipinski definition) is 6. The van der Waals surface area contributed by atoms with Crippen LogP contribution in [0.3, 0.4) is 0 Å². The number of hydrogen-bond donors (Lipinski definition) is 0. The molecule has 7 nitrogen and oxygen atoms in total. The number of aromatic nitrogens is 2. The molecule has 26 heavy (non-hydrogen) atoms. The van der Waals surface area contributed by atoms with Crippen LogP contribution in [0.1, 0.15) is 25.6 Å². The summed E-state index contributed by atoms with van der Waals surface area (Å²) in [6, 6.07) is 7.26. The molecule has 142 valence electrons. The molecular formula is C17H23ClN4O3S. The molecule has 0 unspecified atom stereocenters. The lowest BCUT2D eigenvalue weighted by atomic mass is 10.2. The molecule has 1 aromatic carbocycles. The maximum Gasteiger partial charge on any atom is 0.258 e. The van der Waals surface area contributed by atoms with Crippen LogP contribution in [0.2, 0.25) is 5.02 Å². The Balaban J connectivity index is 1.55. The molecule has 0 radical (unpaired) electrons. The Hall–Kier alpha value is -1.48. The van der Waals surface area contributed by atoms with E-state index in [4.69, 9.17) is 16.1 Å². The molecule has 2 heterocycles. The monoisotopic (exact) mass is 398 g/mol. The van der Waals surface area contributed by atoms with E-state index in [9.17, 15) is 8.42 Å². The number of sulfonamides is 1. The molecule has 0 saturated carbocycles. The maximum absolute atomic E-state index is 12.3. The highest BCUT2D eigenvalue weighted by Crippen LogP contribution is 2.21. The number of piperazine rings is 1. The average Bonchev–Trinajstić information content (AvgIpc) is 3.09. The van der Waals surface area contributed by atoms with Gasteiger partial charge in [0, 0.05) is 36.8 Å². The van der Waals surface area contributed by atoms with Gasteiger partial charge in [0.05, 0.1) is 12.3 Å². The summed E-state index contributed by atoms with van der Waals surface area (Å²) in [5.74, 6) is 1.25. The minimum atomic E-state index is -3.13. The van der Waals surface area contributed by atoms with E-state index >= 15 is 0 Å². The van der Waals surface area contributed by atoms with Crippen LogP contribution in [-0.2, 0) is 16.6 Å². The minimum Gasteiger partial charge on any atom is -0.334 e. The Bertz CT molecular complexity index is 832. The summed E-state index contributed by atoms with van der Waals surface area (Å²) in [4.78, 5) is 6.55. The number of unbranched alkanes of at least 4 members (excludes halogenated alkanes) is 1. The second-order valence-corrected chi connectivity index (χ2v) is 8.90. The highest BCUT2D eigenvalue weighted by atomic mass is 35.5. The van der Waals surface area contributed by atoms with Crippen LogP contribution >= 0.6 is 11.6 Å². The van der Waals surface area contributed by atoms with Crippen molar-refractivity contribution in [1.82, 2.24) is 19.3 Å². The van der Waals surface area contributed by atoms with Gasteiger partial charge in [-0.1, -0.05) is 36.2 Å². The summed E-state index contributed by atoms with van der Waals surface area (Å²) in [6.07, 6.45) is 1.59. The smallest absolute Gasteiger partial charge is 0.258 e. The predicted molar refractivity (Wildman–Crippen MR) is 100 cm³/mol. The number of rotatable bonds is 7. The lowest BCUT2D eigenvalue weighted by Crippen LogP contribution is -2.48. The first kappa shape index (κ1) is 19.3. The fourth-order valence-electron chi connectivity index (χ4n) is 2.88. The van der Waals surface area contributed by atoms with Crippen molar-refractivity contribution in [3.05, 3.63) is 35.1 Å². The molecule has 1 aliphatic rings. The van der Waals surface area contributed by atoms with Crippen molar-refractivity contribution in [2.75, 3.05) is 31.9 Å². The molecular weight excluding hydrogens is 376 g/mol. The Morgan fingerprint density at radius 2 is 2.00 bits per heavy atom. The number of nitrogens with zero attached hydrogens (tertiary/aromatic N) is 4. The van der Waals surface area contributed by atoms with Crippen molar-refractivity contribution in [2.24, 2.45) is 0 Å². The largest absolute Gasteiger partial charge is 0.334 e. The first-order valence-electron chi connectivity index (χ1n) is 8.76. The maximum atomic E-state index is 12.3. The van der Waals surface area contributed by atoms with Crippen LogP contribution in [0.15, 0.2) is 28.8 Å². The van der Waals surface area contributed by atoms with Crippen LogP contribution in [0.5, 0.6) is 0 Å². The first-order valence-corrected chi connectivity index (χ1v) is 10.8. The van der Waals surface area contributed by atoms with Gasteiger partial charge in [-0.25, -0.2) is 8.42 Å². The van der Waals surface area contributed by atoms with Gasteiger partial charge in [0.15, 0.2) is 5.82 Å². The summed E-state index contributed by atoms with van der Waals surface area (Å²) in [6.45, 7) is 4.86. The lowest BCUT2D eigenvalue weighted by molar-refractivity contribution is 0.176. The fourth-order valence-corrected chi connectivity index (χ4v) is 4.70. The molecule has 1 aliphatic heterocycles. The highest BCUT2D eigenvalue weighted by Gasteiger charge is 2.27. The summed E-state index contributed by atoms with van der Waals surface area (Å²) in [5, 5.41) is 4.64. The Labute approximate surface area is 159 Å². The van der Waals surface area contributed by atoms with E-state index in [-0.39, 0.29) is 5.75 Å². The van der Waals surface area contributed by atoms with Gasteiger partial charge in [-0.3, -0.25) is 4.90 Å². The van der Waals surface area contributed by atoms with Gasteiger partial charge in [-0.15, -0.1) is 0 Å². The van der Waals surface area contributed by atoms with Gasteiger partial charge < -0.3 is 4.52 Å². The zero-order chi connectivity index (χ0) is 18.6. The van der Waals surface area contributed by atoms with E-state index in [1.54, 1.807) is 16.4 Å². The average molecular weight is 399 g/mol. The van der Waals surface area contributed by atoms with Gasteiger partial charge in [-0.05, 0) is 24.6 Å². The molecule has 1 aromatic heterocycles. The van der Waals surface area contributed by atoms with E-state index < -0.39 is 10.0 Å². The quantitative estimate of drug-likeness (QED) is 0.713. The van der Waals surface area contributed by atoms with Gasteiger partial charge >= 0.3 is 0 Å². The zero-order valence-electron chi connectivity index (χ0n) is 14.8. The molecule has 0 N–H and O–H groups in total. The third kappa shape index (κ3) is 4.82. The molecule has 2 aromatic rings. The van der Waals surface area contributed by atoms with Crippen LogP contribution in [0, 0.1) is 0 Å². The second-order valence-electron chi connectivity index (χ2n) is 6.37. The van der Waals surface area contributed by atoms with Crippen molar-refractivity contribution in [2.45, 2.75) is 26.3 Å². The summed E-state index contributed by atoms with van der Waals surface area (Å²) >= 11 is 5.99. The molecule has 1 saturated heterocycles. The fraction of sp³-hybridized carbons (Fsp3) is 0.529. The van der Waals surface area contributed by atoms with Gasteiger partial charge in [0.2, 0.25) is 10.0 Å². The second kappa shape index (κ2) is 8.47. The van der Waals surface area contributed by atoms with E-state index in [0.717, 1.165) is 12.0 Å². The minimum absolute atomic E-state index is 0.233. The van der Waals surface area contributed by atoms with E-state index in [2.05, 4.69) is 15.0 Å². The molecule has 0 bridgehead atoms. The summed E-state index contributed by atoms with van der Waals surface area (Å²) < 4.78 is 31.4. The molecule has 1 fully saturated rings. The lowest BCUT2D eigenvalue weighted by Gasteiger charge is -2.33. The molecule has 9 heteroatoms. The van der Waals surface area contributed by atoms with Gasteiger partial charge in [-0.2, -0.15) is 9.29 Å². The zero-order valence-corrected chi connectivity index (χ0v) is 16.3. The molecule has 0 aliphatic carbocycles. The normalized spacial score (nSPS) is 16.8. The van der Waals surface area contributed by atoms with Crippen LogP contribution < -0.4 is 0 Å². The third-order valence-electron chi connectivity index (χ3n) is 4.39. The molecule has 3 rings (SSSR count). The van der Waals surface area contributed by atoms with E-state index in [1.807, 2.05) is 19.1 Å². The Kier molecular flexibility index (Phi) is 6.29. The Morgan fingerprint density at radius 1 is 1.23 bits per heavy atom. The molecule has 0 spiro atoms. The molecule has 0 atom stereocenters. The van der Waals surface area contributed by atoms with E-state index in [0.29, 0.717) is 55.9 Å². The van der Waals surface area contributed by atoms with Gasteiger partial charge in [0.1, 0.15) is 0 Å². The van der Waals surface area contributed by atoms with Crippen molar-refractivity contribution in [1.29, 1.82) is 0 Å².